The number of hydrogen-bond acceptors (Lipinski definition) is 5. The number of benzene rings is 2. The van der Waals surface area contributed by atoms with Gasteiger partial charge in [-0.1, -0.05) is 29.8 Å². The van der Waals surface area contributed by atoms with Crippen LogP contribution in [0.3, 0.4) is 0 Å². The summed E-state index contributed by atoms with van der Waals surface area (Å²) in [6.07, 6.45) is 0. The molecule has 0 saturated carbocycles. The van der Waals surface area contributed by atoms with E-state index in [9.17, 15) is 13.2 Å². The lowest BCUT2D eigenvalue weighted by molar-refractivity contribution is 0.101. The van der Waals surface area contributed by atoms with Gasteiger partial charge in [0.2, 0.25) is 5.90 Å². The van der Waals surface area contributed by atoms with Crippen LogP contribution in [0.15, 0.2) is 58.5 Å². The van der Waals surface area contributed by atoms with E-state index in [2.05, 4.69) is 9.93 Å². The molecule has 0 radical (unpaired) electrons. The molecule has 0 bridgehead atoms. The molecule has 0 aliphatic heterocycles. The molecule has 6 nitrogen and oxygen atoms in total. The predicted octanol–water partition coefficient (Wildman–Crippen LogP) is 2.87. The lowest BCUT2D eigenvalue weighted by Gasteiger charge is -2.09. The Hall–Kier alpha value is -2.67. The molecule has 2 aromatic carbocycles. The molecule has 0 aliphatic carbocycles. The van der Waals surface area contributed by atoms with Crippen molar-refractivity contribution in [1.29, 1.82) is 0 Å². The lowest BCUT2D eigenvalue weighted by Crippen LogP contribution is -2.21. The van der Waals surface area contributed by atoms with Crippen LogP contribution in [-0.4, -0.2) is 26.7 Å². The number of nitrogens with zero attached hydrogens (tertiary/aromatic N) is 1. The molecule has 0 aromatic heterocycles. The molecule has 132 valence electrons. The molecule has 0 spiro atoms. The van der Waals surface area contributed by atoms with Crippen molar-refractivity contribution in [3.8, 4) is 0 Å². The van der Waals surface area contributed by atoms with Crippen LogP contribution in [0, 0.1) is 6.92 Å². The summed E-state index contributed by atoms with van der Waals surface area (Å²) in [7, 11) is -3.79. The van der Waals surface area contributed by atoms with Crippen LogP contribution in [0.5, 0.6) is 0 Å². The third-order valence-corrected chi connectivity index (χ3v) is 4.64. The van der Waals surface area contributed by atoms with Crippen LogP contribution in [0.1, 0.15) is 35.3 Å². The van der Waals surface area contributed by atoms with Gasteiger partial charge in [0.1, 0.15) is 0 Å². The smallest absolute Gasteiger partial charge is 0.276 e. The highest BCUT2D eigenvalue weighted by Crippen LogP contribution is 2.11. The monoisotopic (exact) mass is 360 g/mol. The van der Waals surface area contributed by atoms with Crippen LogP contribution in [0.4, 0.5) is 0 Å². The number of aryl methyl sites for hydroxylation is 1. The third-order valence-electron chi connectivity index (χ3n) is 3.42. The molecule has 0 heterocycles. The number of hydrazone groups is 1. The lowest BCUT2D eigenvalue weighted by atomic mass is 10.1. The molecule has 0 unspecified atom stereocenters. The van der Waals surface area contributed by atoms with Crippen LogP contribution < -0.4 is 4.83 Å². The summed E-state index contributed by atoms with van der Waals surface area (Å²) in [6.45, 7) is 5.44. The first-order valence-electron chi connectivity index (χ1n) is 7.74. The summed E-state index contributed by atoms with van der Waals surface area (Å²) in [6, 6.07) is 13.0. The van der Waals surface area contributed by atoms with Crippen molar-refractivity contribution in [3.05, 3.63) is 65.2 Å². The van der Waals surface area contributed by atoms with Gasteiger partial charge < -0.3 is 4.74 Å². The Labute approximate surface area is 147 Å². The highest BCUT2D eigenvalue weighted by atomic mass is 32.2. The van der Waals surface area contributed by atoms with E-state index >= 15 is 0 Å². The largest absolute Gasteiger partial charge is 0.477 e. The number of sulfonamides is 1. The van der Waals surface area contributed by atoms with E-state index in [1.54, 1.807) is 43.3 Å². The second-order valence-corrected chi connectivity index (χ2v) is 7.05. The van der Waals surface area contributed by atoms with Crippen LogP contribution >= 0.6 is 0 Å². The Morgan fingerprint density at radius 2 is 1.60 bits per heavy atom. The number of ether oxygens (including phenoxy) is 1. The molecule has 0 amide bonds. The first-order valence-corrected chi connectivity index (χ1v) is 9.22. The van der Waals surface area contributed by atoms with Gasteiger partial charge in [-0.15, -0.1) is 5.10 Å². The van der Waals surface area contributed by atoms with Crippen molar-refractivity contribution in [2.24, 2.45) is 5.10 Å². The maximum Gasteiger partial charge on any atom is 0.276 e. The Bertz CT molecular complexity index is 870. The summed E-state index contributed by atoms with van der Waals surface area (Å²) in [5.74, 6) is 0.0785. The first-order chi connectivity index (χ1) is 11.8. The molecular formula is C18H20N2O4S. The molecule has 2 rings (SSSR count). The molecule has 1 N–H and O–H groups in total. The topological polar surface area (TPSA) is 84.8 Å². The van der Waals surface area contributed by atoms with Crippen molar-refractivity contribution >= 4 is 21.7 Å². The van der Waals surface area contributed by atoms with Gasteiger partial charge in [-0.3, -0.25) is 4.79 Å². The van der Waals surface area contributed by atoms with Gasteiger partial charge in [-0.25, -0.2) is 0 Å². The number of rotatable bonds is 6. The number of carbonyl (C=O) groups is 1. The highest BCUT2D eigenvalue weighted by molar-refractivity contribution is 7.89. The Kier molecular flexibility index (Phi) is 5.93. The molecule has 7 heteroatoms. The average molecular weight is 360 g/mol. The zero-order chi connectivity index (χ0) is 18.4. The van der Waals surface area contributed by atoms with Gasteiger partial charge in [0.15, 0.2) is 5.78 Å². The number of nitrogens with one attached hydrogen (secondary N) is 1. The minimum Gasteiger partial charge on any atom is -0.477 e. The predicted molar refractivity (Wildman–Crippen MR) is 96.1 cm³/mol. The third kappa shape index (κ3) is 4.90. The zero-order valence-electron chi connectivity index (χ0n) is 14.3. The van der Waals surface area contributed by atoms with Gasteiger partial charge >= 0.3 is 0 Å². The normalized spacial score (nSPS) is 11.9. The van der Waals surface area contributed by atoms with Crippen LogP contribution in [0.25, 0.3) is 0 Å². The number of hydrogen-bond donors (Lipinski definition) is 1. The van der Waals surface area contributed by atoms with Crippen molar-refractivity contribution < 1.29 is 17.9 Å². The maximum absolute atomic E-state index is 12.3. The standard InChI is InChI=1S/C18H20N2O4S/c1-4-24-18(16-9-7-15(8-10-16)14(3)21)19-20-25(22,23)17-11-5-13(2)6-12-17/h5-12,20H,4H2,1-3H3. The van der Waals surface area contributed by atoms with Gasteiger partial charge in [0, 0.05) is 11.1 Å². The van der Waals surface area contributed by atoms with Crippen molar-refractivity contribution in [1.82, 2.24) is 4.83 Å². The van der Waals surface area contributed by atoms with E-state index in [0.717, 1.165) is 5.56 Å². The highest BCUT2D eigenvalue weighted by Gasteiger charge is 2.14. The Morgan fingerprint density at radius 1 is 1.04 bits per heavy atom. The minimum absolute atomic E-state index is 0.0541. The van der Waals surface area contributed by atoms with Crippen LogP contribution in [0.2, 0.25) is 0 Å². The Morgan fingerprint density at radius 3 is 2.12 bits per heavy atom. The van der Waals surface area contributed by atoms with Gasteiger partial charge in [-0.2, -0.15) is 13.2 Å². The number of Topliss-reactive ketones (excluding diaryl/α,β-unsaturated/α-hetero) is 1. The molecule has 2 aromatic rings. The van der Waals surface area contributed by atoms with E-state index in [1.165, 1.54) is 19.1 Å². The molecule has 0 saturated heterocycles. The molecule has 25 heavy (non-hydrogen) atoms. The molecule has 0 aliphatic rings. The fourth-order valence-electron chi connectivity index (χ4n) is 2.04. The summed E-state index contributed by atoms with van der Waals surface area (Å²) in [5.41, 5.74) is 2.08. The van der Waals surface area contributed by atoms with Crippen molar-refractivity contribution in [2.75, 3.05) is 6.61 Å². The second kappa shape index (κ2) is 7.94. The zero-order valence-corrected chi connectivity index (χ0v) is 15.1. The quantitative estimate of drug-likeness (QED) is 0.371. The van der Waals surface area contributed by atoms with Gasteiger partial charge in [-0.05, 0) is 45.0 Å². The summed E-state index contributed by atoms with van der Waals surface area (Å²) >= 11 is 0. The summed E-state index contributed by atoms with van der Waals surface area (Å²) in [5, 5.41) is 3.90. The number of ketones is 1. The molecule has 0 atom stereocenters. The van der Waals surface area contributed by atoms with E-state index in [4.69, 9.17) is 4.74 Å². The second-order valence-electron chi connectivity index (χ2n) is 5.39. The molecular weight excluding hydrogens is 340 g/mol. The van der Waals surface area contributed by atoms with E-state index in [0.29, 0.717) is 17.7 Å². The fraction of sp³-hybridized carbons (Fsp3) is 0.222. The van der Waals surface area contributed by atoms with E-state index < -0.39 is 10.0 Å². The van der Waals surface area contributed by atoms with Gasteiger partial charge in [0.25, 0.3) is 10.0 Å². The fourth-order valence-corrected chi connectivity index (χ4v) is 2.84. The minimum atomic E-state index is -3.79. The average Bonchev–Trinajstić information content (AvgIpc) is 2.59. The van der Waals surface area contributed by atoms with Crippen LogP contribution in [-0.2, 0) is 14.8 Å². The summed E-state index contributed by atoms with van der Waals surface area (Å²) in [4.78, 5) is 13.6. The SMILES string of the molecule is CCOC(=NNS(=O)(=O)c1ccc(C)cc1)c1ccc(C(C)=O)cc1. The van der Waals surface area contributed by atoms with Gasteiger partial charge in [0.05, 0.1) is 11.5 Å². The summed E-state index contributed by atoms with van der Waals surface area (Å²) < 4.78 is 30.0. The molecule has 0 fully saturated rings. The maximum atomic E-state index is 12.3. The van der Waals surface area contributed by atoms with Crippen molar-refractivity contribution in [3.63, 3.8) is 0 Å². The van der Waals surface area contributed by atoms with E-state index in [1.807, 2.05) is 6.92 Å². The van der Waals surface area contributed by atoms with Crippen molar-refractivity contribution in [2.45, 2.75) is 25.7 Å². The number of carbonyl (C=O) groups excluding carboxylic acids is 1. The first kappa shape index (κ1) is 18.7. The van der Waals surface area contributed by atoms with E-state index in [-0.39, 0.29) is 16.6 Å². The Balaban J connectivity index is 2.27.